The van der Waals surface area contributed by atoms with Crippen LogP contribution in [0.25, 0.3) is 11.8 Å². The van der Waals surface area contributed by atoms with Gasteiger partial charge >= 0.3 is 0 Å². The van der Waals surface area contributed by atoms with Gasteiger partial charge in [-0.3, -0.25) is 4.79 Å². The molecule has 2 aromatic carbocycles. The topological polar surface area (TPSA) is 47.4 Å². The highest BCUT2D eigenvalue weighted by Gasteiger charge is 2.38. The summed E-state index contributed by atoms with van der Waals surface area (Å²) in [4.78, 5) is 19.5. The molecule has 8 heteroatoms. The van der Waals surface area contributed by atoms with Crippen molar-refractivity contribution in [2.75, 3.05) is 7.11 Å². The van der Waals surface area contributed by atoms with Gasteiger partial charge in [-0.1, -0.05) is 18.2 Å². The Morgan fingerprint density at radius 3 is 2.60 bits per heavy atom. The molecule has 5 rings (SSSR count). The average Bonchev–Trinajstić information content (AvgIpc) is 3.29. The number of benzene rings is 2. The van der Waals surface area contributed by atoms with Crippen molar-refractivity contribution in [1.29, 1.82) is 0 Å². The summed E-state index contributed by atoms with van der Waals surface area (Å²) >= 11 is 0. The van der Waals surface area contributed by atoms with Gasteiger partial charge in [0.05, 0.1) is 36.9 Å². The van der Waals surface area contributed by atoms with Crippen LogP contribution in [0.15, 0.2) is 60.6 Å². The molecule has 1 amide bonds. The first-order valence-corrected chi connectivity index (χ1v) is 11.4. The van der Waals surface area contributed by atoms with Crippen molar-refractivity contribution in [3.8, 4) is 11.4 Å². The Kier molecular flexibility index (Phi) is 5.96. The van der Waals surface area contributed by atoms with Gasteiger partial charge in [0.2, 0.25) is 0 Å². The third-order valence-electron chi connectivity index (χ3n) is 6.55. The highest BCUT2D eigenvalue weighted by molar-refractivity contribution is 5.99. The Bertz CT molecular complexity index is 1340. The summed E-state index contributed by atoms with van der Waals surface area (Å²) in [5.74, 6) is -3.59. The van der Waals surface area contributed by atoms with E-state index in [0.29, 0.717) is 30.6 Å². The number of rotatable bonds is 4. The number of piperidine rings is 1. The number of fused-ring (bicyclic) bond motifs is 1. The van der Waals surface area contributed by atoms with Crippen LogP contribution >= 0.6 is 0 Å². The Morgan fingerprint density at radius 2 is 1.91 bits per heavy atom. The van der Waals surface area contributed by atoms with E-state index in [2.05, 4.69) is 4.98 Å². The number of carbonyl (C=O) groups is 1. The van der Waals surface area contributed by atoms with E-state index in [-0.39, 0.29) is 17.5 Å². The number of halogens is 3. The molecule has 1 fully saturated rings. The third kappa shape index (κ3) is 4.24. The number of amides is 1. The van der Waals surface area contributed by atoms with Crippen molar-refractivity contribution < 1.29 is 22.7 Å². The van der Waals surface area contributed by atoms with E-state index >= 15 is 0 Å². The van der Waals surface area contributed by atoms with Crippen molar-refractivity contribution in [3.63, 3.8) is 0 Å². The van der Waals surface area contributed by atoms with Gasteiger partial charge in [-0.2, -0.15) is 0 Å². The zero-order valence-electron chi connectivity index (χ0n) is 19.3. The van der Waals surface area contributed by atoms with Gasteiger partial charge in [-0.15, -0.1) is 0 Å². The fraction of sp³-hybridized carbons (Fsp3) is 0.259. The molecule has 2 atom stereocenters. The van der Waals surface area contributed by atoms with Gasteiger partial charge in [0.25, 0.3) is 5.91 Å². The number of aryl methyl sites for hydroxylation is 1. The summed E-state index contributed by atoms with van der Waals surface area (Å²) in [5.41, 5.74) is 3.34. The van der Waals surface area contributed by atoms with Gasteiger partial charge in [-0.25, -0.2) is 18.2 Å². The molecular weight excluding hydrogens is 455 g/mol. The zero-order chi connectivity index (χ0) is 24.7. The van der Waals surface area contributed by atoms with Crippen molar-refractivity contribution in [2.45, 2.75) is 38.3 Å². The van der Waals surface area contributed by atoms with Crippen molar-refractivity contribution >= 4 is 12.0 Å². The van der Waals surface area contributed by atoms with E-state index in [1.54, 1.807) is 18.3 Å². The Morgan fingerprint density at radius 1 is 1.14 bits per heavy atom. The molecule has 1 saturated heterocycles. The maximum absolute atomic E-state index is 13.9. The van der Waals surface area contributed by atoms with Crippen LogP contribution in [-0.4, -0.2) is 33.5 Å². The second-order valence-electron chi connectivity index (χ2n) is 8.82. The molecule has 0 aliphatic carbocycles. The lowest BCUT2D eigenvalue weighted by molar-refractivity contribution is -0.133. The van der Waals surface area contributed by atoms with Crippen LogP contribution in [-0.2, 0) is 4.79 Å². The van der Waals surface area contributed by atoms with Gasteiger partial charge in [0.1, 0.15) is 5.75 Å². The van der Waals surface area contributed by atoms with Gasteiger partial charge in [0, 0.05) is 11.8 Å². The normalized spacial score (nSPS) is 20.9. The average molecular weight is 480 g/mol. The molecule has 5 nitrogen and oxygen atoms in total. The molecule has 0 N–H and O–H groups in total. The van der Waals surface area contributed by atoms with Gasteiger partial charge < -0.3 is 14.2 Å². The first kappa shape index (κ1) is 23.0. The summed E-state index contributed by atoms with van der Waals surface area (Å²) in [6, 6.07) is 6.85. The predicted molar refractivity (Wildman–Crippen MR) is 126 cm³/mol. The highest BCUT2D eigenvalue weighted by atomic mass is 19.2. The smallest absolute Gasteiger partial charge is 0.250 e. The predicted octanol–water partition coefficient (Wildman–Crippen LogP) is 5.68. The number of hydrogen-bond donors (Lipinski definition) is 0. The second kappa shape index (κ2) is 9.09. The molecule has 0 spiro atoms. The summed E-state index contributed by atoms with van der Waals surface area (Å²) in [6.45, 7) is 1.90. The first-order chi connectivity index (χ1) is 16.9. The molecule has 3 aromatic rings. The minimum absolute atomic E-state index is 0.184. The molecule has 0 saturated carbocycles. The summed E-state index contributed by atoms with van der Waals surface area (Å²) in [7, 11) is 1.58. The van der Waals surface area contributed by atoms with Gasteiger partial charge in [0.15, 0.2) is 17.5 Å². The van der Waals surface area contributed by atoms with E-state index in [1.165, 1.54) is 0 Å². The Labute approximate surface area is 201 Å². The summed E-state index contributed by atoms with van der Waals surface area (Å²) in [5, 5.41) is 0. The molecule has 35 heavy (non-hydrogen) atoms. The molecule has 2 aliphatic heterocycles. The lowest BCUT2D eigenvalue weighted by atomic mass is 9.87. The van der Waals surface area contributed by atoms with Crippen molar-refractivity contribution in [3.05, 3.63) is 94.9 Å². The fourth-order valence-corrected chi connectivity index (χ4v) is 4.86. The maximum Gasteiger partial charge on any atom is 0.250 e. The van der Waals surface area contributed by atoms with E-state index < -0.39 is 23.5 Å². The standard InChI is InChI=1S/C27H24F3N3O2/c1-16-14-32(15-31-16)24-9-6-17(11-25(24)35-2)10-18-7-8-20-4-3-5-23(33(20)27(18)34)19-12-21(28)26(30)22(29)13-19/h3-4,6,9-15,20,23H,5,7-8H2,1-2H3/b18-10+/t20-,23-/m0/s1. The SMILES string of the molecule is COc1cc(/C=C2\CC[C@@H]3C=CC[C@@H](c4cc(F)c(F)c(F)c4)N3C2=O)ccc1-n1cnc(C)c1. The maximum atomic E-state index is 13.9. The van der Waals surface area contributed by atoms with Crippen molar-refractivity contribution in [2.24, 2.45) is 0 Å². The number of imidazole rings is 1. The Hall–Kier alpha value is -3.81. The number of carbonyl (C=O) groups excluding carboxylic acids is 1. The minimum atomic E-state index is -1.51. The highest BCUT2D eigenvalue weighted by Crippen LogP contribution is 2.39. The zero-order valence-corrected chi connectivity index (χ0v) is 19.3. The number of methoxy groups -OCH3 is 1. The van der Waals surface area contributed by atoms with E-state index in [0.717, 1.165) is 29.1 Å². The molecule has 0 radical (unpaired) electrons. The van der Waals surface area contributed by atoms with Crippen LogP contribution in [0.2, 0.25) is 0 Å². The molecular formula is C27H24F3N3O2. The van der Waals surface area contributed by atoms with Crippen LogP contribution in [0.3, 0.4) is 0 Å². The van der Waals surface area contributed by atoms with Crippen molar-refractivity contribution in [1.82, 2.24) is 14.5 Å². The molecule has 2 aliphatic rings. The van der Waals surface area contributed by atoms with E-state index in [9.17, 15) is 18.0 Å². The lowest BCUT2D eigenvalue weighted by Crippen LogP contribution is -2.47. The Balaban J connectivity index is 1.47. The molecule has 0 bridgehead atoms. The molecule has 0 unspecified atom stereocenters. The number of aromatic nitrogens is 2. The summed E-state index contributed by atoms with van der Waals surface area (Å²) in [6.07, 6.45) is 10.9. The van der Waals surface area contributed by atoms with Crippen LogP contribution in [0.4, 0.5) is 13.2 Å². The number of nitrogens with zero attached hydrogens (tertiary/aromatic N) is 3. The van der Waals surface area contributed by atoms with Crippen LogP contribution in [0.5, 0.6) is 5.75 Å². The first-order valence-electron chi connectivity index (χ1n) is 11.4. The third-order valence-corrected chi connectivity index (χ3v) is 6.55. The van der Waals surface area contributed by atoms with Gasteiger partial charge in [-0.05, 0) is 67.7 Å². The minimum Gasteiger partial charge on any atom is -0.495 e. The quantitative estimate of drug-likeness (QED) is 0.275. The largest absolute Gasteiger partial charge is 0.495 e. The van der Waals surface area contributed by atoms with Crippen LogP contribution < -0.4 is 4.74 Å². The number of hydrogen-bond acceptors (Lipinski definition) is 3. The van der Waals surface area contributed by atoms with E-state index in [1.807, 2.05) is 54.1 Å². The summed E-state index contributed by atoms with van der Waals surface area (Å²) < 4.78 is 48.9. The fourth-order valence-electron chi connectivity index (χ4n) is 4.86. The number of ether oxygens (including phenoxy) is 1. The second-order valence-corrected chi connectivity index (χ2v) is 8.82. The van der Waals surface area contributed by atoms with E-state index in [4.69, 9.17) is 4.74 Å². The molecule has 1 aromatic heterocycles. The molecule has 180 valence electrons. The van der Waals surface area contributed by atoms with Crippen LogP contribution in [0.1, 0.15) is 42.1 Å². The molecule has 3 heterocycles. The lowest BCUT2D eigenvalue weighted by Gasteiger charge is -2.43. The van der Waals surface area contributed by atoms with Crippen LogP contribution in [0, 0.1) is 24.4 Å². The monoisotopic (exact) mass is 479 g/mol.